The lowest BCUT2D eigenvalue weighted by Crippen LogP contribution is -2.45. The second-order valence-corrected chi connectivity index (χ2v) is 6.03. The summed E-state index contributed by atoms with van der Waals surface area (Å²) in [5.74, 6) is 1.59. The van der Waals surface area contributed by atoms with E-state index in [4.69, 9.17) is 0 Å². The number of nitrogens with one attached hydrogen (secondary N) is 1. The maximum atomic E-state index is 12.0. The van der Waals surface area contributed by atoms with E-state index in [1.807, 2.05) is 4.90 Å². The molecule has 1 N–H and O–H groups in total. The molecule has 0 bridgehead atoms. The lowest BCUT2D eigenvalue weighted by atomic mass is 9.96. The van der Waals surface area contributed by atoms with Crippen LogP contribution in [0.2, 0.25) is 0 Å². The van der Waals surface area contributed by atoms with Gasteiger partial charge in [0.25, 0.3) is 0 Å². The van der Waals surface area contributed by atoms with Crippen molar-refractivity contribution in [1.29, 1.82) is 0 Å². The molecule has 0 radical (unpaired) electrons. The summed E-state index contributed by atoms with van der Waals surface area (Å²) in [7, 11) is 0. The summed E-state index contributed by atoms with van der Waals surface area (Å²) in [6.07, 6.45) is 10.4. The molecule has 0 aromatic carbocycles. The van der Waals surface area contributed by atoms with Crippen LogP contribution in [-0.4, -0.2) is 30.6 Å². The van der Waals surface area contributed by atoms with Crippen LogP contribution in [-0.2, 0) is 0 Å². The first kappa shape index (κ1) is 13.7. The van der Waals surface area contributed by atoms with Crippen molar-refractivity contribution in [2.75, 3.05) is 19.6 Å². The zero-order chi connectivity index (χ0) is 12.8. The van der Waals surface area contributed by atoms with Gasteiger partial charge in [0.2, 0.25) is 0 Å². The number of amides is 2. The van der Waals surface area contributed by atoms with E-state index in [2.05, 4.69) is 12.2 Å². The van der Waals surface area contributed by atoms with Crippen LogP contribution in [0.1, 0.15) is 58.3 Å². The summed E-state index contributed by atoms with van der Waals surface area (Å²) in [6, 6.07) is 0.172. The van der Waals surface area contributed by atoms with Crippen molar-refractivity contribution < 1.29 is 4.79 Å². The van der Waals surface area contributed by atoms with E-state index in [1.165, 1.54) is 51.4 Å². The summed E-state index contributed by atoms with van der Waals surface area (Å²) in [5.41, 5.74) is 0. The summed E-state index contributed by atoms with van der Waals surface area (Å²) < 4.78 is 0. The van der Waals surface area contributed by atoms with E-state index >= 15 is 0 Å². The molecule has 1 saturated heterocycles. The Labute approximate surface area is 111 Å². The van der Waals surface area contributed by atoms with Crippen LogP contribution in [0.3, 0.4) is 0 Å². The fraction of sp³-hybridized carbons (Fsp3) is 0.933. The summed E-state index contributed by atoms with van der Waals surface area (Å²) in [6.45, 7) is 5.01. The van der Waals surface area contributed by atoms with Crippen molar-refractivity contribution in [2.24, 2.45) is 11.8 Å². The molecule has 104 valence electrons. The molecule has 0 spiro atoms. The van der Waals surface area contributed by atoms with Crippen molar-refractivity contribution >= 4 is 6.03 Å². The zero-order valence-electron chi connectivity index (χ0n) is 11.8. The number of hydrogen-bond donors (Lipinski definition) is 1. The molecule has 2 fully saturated rings. The fourth-order valence-corrected chi connectivity index (χ4v) is 3.38. The summed E-state index contributed by atoms with van der Waals surface area (Å²) >= 11 is 0. The highest BCUT2D eigenvalue weighted by Crippen LogP contribution is 2.27. The van der Waals surface area contributed by atoms with Gasteiger partial charge < -0.3 is 10.2 Å². The predicted octanol–water partition coefficient (Wildman–Crippen LogP) is 3.40. The molecule has 2 amide bonds. The van der Waals surface area contributed by atoms with Gasteiger partial charge in [-0.25, -0.2) is 4.79 Å². The lowest BCUT2D eigenvalue weighted by molar-refractivity contribution is 0.163. The number of hydrogen-bond acceptors (Lipinski definition) is 1. The van der Waals surface area contributed by atoms with Gasteiger partial charge in [-0.05, 0) is 31.1 Å². The van der Waals surface area contributed by atoms with Gasteiger partial charge in [-0.3, -0.25) is 0 Å². The van der Waals surface area contributed by atoms with Crippen LogP contribution in [0.25, 0.3) is 0 Å². The standard InChI is InChI=1S/C15H28N2O/c1-2-13-8-5-11-17(12-13)15(18)16-10-9-14-6-3-4-7-14/h13-14H,2-12H2,1H3,(H,16,18). The molecule has 2 rings (SSSR count). The topological polar surface area (TPSA) is 32.3 Å². The molecule has 3 nitrogen and oxygen atoms in total. The molecule has 2 aliphatic rings. The normalized spacial score (nSPS) is 25.4. The quantitative estimate of drug-likeness (QED) is 0.817. The fourth-order valence-electron chi connectivity index (χ4n) is 3.38. The molecular formula is C15H28N2O. The van der Waals surface area contributed by atoms with Crippen molar-refractivity contribution in [2.45, 2.75) is 58.3 Å². The number of piperidine rings is 1. The van der Waals surface area contributed by atoms with Gasteiger partial charge in [-0.15, -0.1) is 0 Å². The number of urea groups is 1. The SMILES string of the molecule is CCC1CCCN(C(=O)NCCC2CCCC2)C1. The smallest absolute Gasteiger partial charge is 0.317 e. The van der Waals surface area contributed by atoms with Crippen LogP contribution in [0, 0.1) is 11.8 Å². The van der Waals surface area contributed by atoms with Crippen molar-refractivity contribution in [3.8, 4) is 0 Å². The van der Waals surface area contributed by atoms with Crippen LogP contribution in [0.15, 0.2) is 0 Å². The molecule has 0 aromatic rings. The molecule has 1 atom stereocenters. The molecular weight excluding hydrogens is 224 g/mol. The maximum Gasteiger partial charge on any atom is 0.317 e. The van der Waals surface area contributed by atoms with Gasteiger partial charge in [0.05, 0.1) is 0 Å². The largest absolute Gasteiger partial charge is 0.338 e. The van der Waals surface area contributed by atoms with E-state index < -0.39 is 0 Å². The van der Waals surface area contributed by atoms with E-state index in [-0.39, 0.29) is 6.03 Å². The van der Waals surface area contributed by atoms with Crippen LogP contribution < -0.4 is 5.32 Å². The molecule has 1 heterocycles. The van der Waals surface area contributed by atoms with Crippen molar-refractivity contribution in [3.05, 3.63) is 0 Å². The van der Waals surface area contributed by atoms with Crippen LogP contribution in [0.5, 0.6) is 0 Å². The zero-order valence-corrected chi connectivity index (χ0v) is 11.8. The summed E-state index contributed by atoms with van der Waals surface area (Å²) in [5, 5.41) is 3.11. The number of carbonyl (C=O) groups excluding carboxylic acids is 1. The first-order chi connectivity index (χ1) is 8.79. The van der Waals surface area contributed by atoms with E-state index in [0.717, 1.165) is 31.5 Å². The summed E-state index contributed by atoms with van der Waals surface area (Å²) in [4.78, 5) is 14.1. The average Bonchev–Trinajstić information content (AvgIpc) is 2.92. The maximum absolute atomic E-state index is 12.0. The molecule has 18 heavy (non-hydrogen) atoms. The second kappa shape index (κ2) is 7.01. The molecule has 1 aliphatic heterocycles. The Morgan fingerprint density at radius 3 is 2.61 bits per heavy atom. The number of nitrogens with zero attached hydrogens (tertiary/aromatic N) is 1. The Kier molecular flexibility index (Phi) is 5.33. The predicted molar refractivity (Wildman–Crippen MR) is 74.6 cm³/mol. The number of likely N-dealkylation sites (tertiary alicyclic amines) is 1. The second-order valence-electron chi connectivity index (χ2n) is 6.03. The Balaban J connectivity index is 1.64. The average molecular weight is 252 g/mol. The first-order valence-electron chi connectivity index (χ1n) is 7.82. The molecule has 0 aromatic heterocycles. The minimum absolute atomic E-state index is 0.172. The highest BCUT2D eigenvalue weighted by molar-refractivity contribution is 5.74. The molecule has 1 saturated carbocycles. The molecule has 1 unspecified atom stereocenters. The third kappa shape index (κ3) is 3.89. The molecule has 3 heteroatoms. The van der Waals surface area contributed by atoms with Gasteiger partial charge in [0.15, 0.2) is 0 Å². The van der Waals surface area contributed by atoms with Gasteiger partial charge >= 0.3 is 6.03 Å². The van der Waals surface area contributed by atoms with Crippen LogP contribution in [0.4, 0.5) is 4.79 Å². The Hall–Kier alpha value is -0.730. The Morgan fingerprint density at radius 2 is 1.89 bits per heavy atom. The van der Waals surface area contributed by atoms with E-state index in [9.17, 15) is 4.79 Å². The van der Waals surface area contributed by atoms with Crippen LogP contribution >= 0.6 is 0 Å². The monoisotopic (exact) mass is 252 g/mol. The third-order valence-electron chi connectivity index (χ3n) is 4.69. The Bertz CT molecular complexity index is 261. The third-order valence-corrected chi connectivity index (χ3v) is 4.69. The minimum Gasteiger partial charge on any atom is -0.338 e. The van der Waals surface area contributed by atoms with Gasteiger partial charge in [0, 0.05) is 19.6 Å². The lowest BCUT2D eigenvalue weighted by Gasteiger charge is -2.32. The van der Waals surface area contributed by atoms with Gasteiger partial charge in [0.1, 0.15) is 0 Å². The van der Waals surface area contributed by atoms with Gasteiger partial charge in [-0.1, -0.05) is 39.0 Å². The minimum atomic E-state index is 0.172. The molecule has 1 aliphatic carbocycles. The first-order valence-corrected chi connectivity index (χ1v) is 7.82. The van der Waals surface area contributed by atoms with E-state index in [0.29, 0.717) is 0 Å². The highest BCUT2D eigenvalue weighted by atomic mass is 16.2. The number of carbonyl (C=O) groups is 1. The van der Waals surface area contributed by atoms with Crippen molar-refractivity contribution in [1.82, 2.24) is 10.2 Å². The highest BCUT2D eigenvalue weighted by Gasteiger charge is 2.22. The Morgan fingerprint density at radius 1 is 1.17 bits per heavy atom. The van der Waals surface area contributed by atoms with E-state index in [1.54, 1.807) is 0 Å². The van der Waals surface area contributed by atoms with Gasteiger partial charge in [-0.2, -0.15) is 0 Å². The van der Waals surface area contributed by atoms with Crippen molar-refractivity contribution in [3.63, 3.8) is 0 Å². The number of rotatable bonds is 4.